The third kappa shape index (κ3) is 5.90. The molecule has 0 bridgehead atoms. The minimum absolute atomic E-state index is 0.0109. The molecule has 6 heteroatoms. The van der Waals surface area contributed by atoms with Crippen LogP contribution in [0.15, 0.2) is 17.0 Å². The van der Waals surface area contributed by atoms with Crippen LogP contribution in [0.25, 0.3) is 0 Å². The molecule has 0 spiro atoms. The molecule has 0 heterocycles. The predicted octanol–water partition coefficient (Wildman–Crippen LogP) is 7.59. The first-order chi connectivity index (χ1) is 12.9. The lowest BCUT2D eigenvalue weighted by molar-refractivity contribution is -0.126. The Balaban J connectivity index is 2.29. The van der Waals surface area contributed by atoms with Gasteiger partial charge in [0.2, 0.25) is 5.91 Å². The van der Waals surface area contributed by atoms with E-state index < -0.39 is 5.41 Å². The first-order valence-electron chi connectivity index (χ1n) is 9.97. The van der Waals surface area contributed by atoms with Crippen LogP contribution in [0.4, 0.5) is 5.69 Å². The van der Waals surface area contributed by atoms with Gasteiger partial charge in [-0.1, -0.05) is 70.7 Å². The van der Waals surface area contributed by atoms with Crippen LogP contribution in [-0.4, -0.2) is 11.0 Å². The van der Waals surface area contributed by atoms with Crippen molar-refractivity contribution in [1.29, 1.82) is 0 Å². The number of nitrogens with one attached hydrogen (secondary N) is 1. The minimum atomic E-state index is -0.498. The van der Waals surface area contributed by atoms with Gasteiger partial charge in [0.05, 0.1) is 15.7 Å². The van der Waals surface area contributed by atoms with Crippen LogP contribution in [0, 0.1) is 16.7 Å². The fourth-order valence-corrected chi connectivity index (χ4v) is 4.72. The third-order valence-electron chi connectivity index (χ3n) is 5.33. The van der Waals surface area contributed by atoms with E-state index in [0.29, 0.717) is 26.5 Å². The smallest absolute Gasteiger partial charge is 0.230 e. The lowest BCUT2D eigenvalue weighted by Crippen LogP contribution is -2.34. The monoisotopic (exact) mass is 443 g/mol. The van der Waals surface area contributed by atoms with Gasteiger partial charge >= 0.3 is 0 Å². The molecule has 0 aliphatic heterocycles. The van der Waals surface area contributed by atoms with Gasteiger partial charge in [-0.05, 0) is 55.5 Å². The number of halogens is 2. The molecule has 1 N–H and O–H groups in total. The van der Waals surface area contributed by atoms with Crippen molar-refractivity contribution in [2.75, 3.05) is 5.32 Å². The maximum Gasteiger partial charge on any atom is 0.230 e. The van der Waals surface area contributed by atoms with Gasteiger partial charge in [0.1, 0.15) is 0 Å². The highest BCUT2D eigenvalue weighted by Crippen LogP contribution is 2.45. The molecule has 1 aromatic rings. The average molecular weight is 444 g/mol. The summed E-state index contributed by atoms with van der Waals surface area (Å²) in [7, 11) is 0. The molecule has 1 saturated carbocycles. The molecule has 28 heavy (non-hydrogen) atoms. The van der Waals surface area contributed by atoms with Crippen molar-refractivity contribution in [3.05, 3.63) is 22.2 Å². The third-order valence-corrected chi connectivity index (χ3v) is 7.41. The zero-order chi connectivity index (χ0) is 21.1. The van der Waals surface area contributed by atoms with Gasteiger partial charge in [-0.15, -0.1) is 0 Å². The molecule has 1 aliphatic rings. The number of carbonyl (C=O) groups excluding carboxylic acids is 2. The number of hydrogen-bond acceptors (Lipinski definition) is 3. The second kappa shape index (κ2) is 9.40. The zero-order valence-corrected chi connectivity index (χ0v) is 19.8. The number of anilines is 1. The number of amides is 1. The van der Waals surface area contributed by atoms with Gasteiger partial charge in [0.15, 0.2) is 5.12 Å². The van der Waals surface area contributed by atoms with Crippen LogP contribution in [0.2, 0.25) is 10.0 Å². The first-order valence-corrected chi connectivity index (χ1v) is 11.5. The van der Waals surface area contributed by atoms with Crippen LogP contribution in [0.3, 0.4) is 0 Å². The summed E-state index contributed by atoms with van der Waals surface area (Å²) in [5, 5.41) is 3.84. The van der Waals surface area contributed by atoms with Crippen LogP contribution < -0.4 is 5.32 Å². The van der Waals surface area contributed by atoms with E-state index in [4.69, 9.17) is 23.2 Å². The van der Waals surface area contributed by atoms with Crippen molar-refractivity contribution in [1.82, 2.24) is 0 Å². The average Bonchev–Trinajstić information content (AvgIpc) is 3.06. The highest BCUT2D eigenvalue weighted by Gasteiger charge is 2.41. The summed E-state index contributed by atoms with van der Waals surface area (Å²) in [6.07, 6.45) is 5.90. The zero-order valence-electron chi connectivity index (χ0n) is 17.5. The molecular formula is C22H31Cl2NO2S. The Kier molecular flexibility index (Phi) is 7.91. The van der Waals surface area contributed by atoms with E-state index >= 15 is 0 Å². The van der Waals surface area contributed by atoms with Crippen molar-refractivity contribution in [2.24, 2.45) is 16.7 Å². The number of rotatable bonds is 6. The highest BCUT2D eigenvalue weighted by atomic mass is 35.5. The molecule has 0 unspecified atom stereocenters. The SMILES string of the molecule is CC(C)CCC1(C(=O)Nc2cc(Cl)c(Cl)cc2SC(=O)C(C)(C)C)CCCC1. The molecule has 1 fully saturated rings. The Labute approximate surface area is 183 Å². The molecule has 2 rings (SSSR count). The van der Waals surface area contributed by atoms with Crippen molar-refractivity contribution in [3.8, 4) is 0 Å². The van der Waals surface area contributed by atoms with Gasteiger partial charge in [-0.2, -0.15) is 0 Å². The second-order valence-electron chi connectivity index (χ2n) is 9.28. The summed E-state index contributed by atoms with van der Waals surface area (Å²) in [5.74, 6) is 0.597. The van der Waals surface area contributed by atoms with Crippen LogP contribution in [0.5, 0.6) is 0 Å². The van der Waals surface area contributed by atoms with Gasteiger partial charge in [-0.3, -0.25) is 9.59 Å². The fourth-order valence-electron chi connectivity index (χ4n) is 3.43. The summed E-state index contributed by atoms with van der Waals surface area (Å²) < 4.78 is 0. The summed E-state index contributed by atoms with van der Waals surface area (Å²) in [6.45, 7) is 9.99. The molecular weight excluding hydrogens is 413 g/mol. The Morgan fingerprint density at radius 3 is 2.25 bits per heavy atom. The predicted molar refractivity (Wildman–Crippen MR) is 120 cm³/mol. The van der Waals surface area contributed by atoms with E-state index in [2.05, 4.69) is 19.2 Å². The topological polar surface area (TPSA) is 46.2 Å². The molecule has 0 radical (unpaired) electrons. The maximum atomic E-state index is 13.3. The van der Waals surface area contributed by atoms with Crippen molar-refractivity contribution < 1.29 is 9.59 Å². The Hall–Kier alpha value is -0.710. The summed E-state index contributed by atoms with van der Waals surface area (Å²) in [5.41, 5.74) is -0.258. The summed E-state index contributed by atoms with van der Waals surface area (Å²) >= 11 is 13.5. The summed E-state index contributed by atoms with van der Waals surface area (Å²) in [4.78, 5) is 26.5. The minimum Gasteiger partial charge on any atom is -0.325 e. The Morgan fingerprint density at radius 2 is 1.71 bits per heavy atom. The van der Waals surface area contributed by atoms with Gasteiger partial charge < -0.3 is 5.32 Å². The number of benzene rings is 1. The van der Waals surface area contributed by atoms with E-state index in [-0.39, 0.29) is 16.4 Å². The van der Waals surface area contributed by atoms with E-state index in [1.165, 1.54) is 0 Å². The molecule has 1 aromatic carbocycles. The normalized spacial score (nSPS) is 16.4. The van der Waals surface area contributed by atoms with Crippen LogP contribution in [0.1, 0.15) is 73.1 Å². The fraction of sp³-hybridized carbons (Fsp3) is 0.636. The second-order valence-corrected chi connectivity index (χ2v) is 11.1. The molecule has 0 saturated heterocycles. The van der Waals surface area contributed by atoms with Crippen molar-refractivity contribution in [2.45, 2.75) is 78.0 Å². The number of carbonyl (C=O) groups is 2. The van der Waals surface area contributed by atoms with E-state index in [1.54, 1.807) is 12.1 Å². The molecule has 0 atom stereocenters. The number of thioether (sulfide) groups is 1. The van der Waals surface area contributed by atoms with Crippen molar-refractivity contribution >= 4 is 51.7 Å². The standard InChI is InChI=1S/C22H31Cl2NO2S/c1-14(2)8-11-22(9-6-7-10-22)19(26)25-17-12-15(23)16(24)13-18(17)28-20(27)21(3,4)5/h12-14H,6-11H2,1-5H3,(H,25,26). The lowest BCUT2D eigenvalue weighted by atomic mass is 9.79. The van der Waals surface area contributed by atoms with E-state index in [1.807, 2.05) is 20.8 Å². The maximum absolute atomic E-state index is 13.3. The van der Waals surface area contributed by atoms with Crippen LogP contribution in [-0.2, 0) is 9.59 Å². The quantitative estimate of drug-likeness (QED) is 0.460. The Bertz CT molecular complexity index is 735. The molecule has 0 aromatic heterocycles. The highest BCUT2D eigenvalue weighted by molar-refractivity contribution is 8.13. The lowest BCUT2D eigenvalue weighted by Gasteiger charge is -2.29. The molecule has 3 nitrogen and oxygen atoms in total. The van der Waals surface area contributed by atoms with Gasteiger partial charge in [-0.25, -0.2) is 0 Å². The van der Waals surface area contributed by atoms with Crippen LogP contribution >= 0.6 is 35.0 Å². The van der Waals surface area contributed by atoms with E-state index in [9.17, 15) is 9.59 Å². The number of hydrogen-bond donors (Lipinski definition) is 1. The summed E-state index contributed by atoms with van der Waals surface area (Å²) in [6, 6.07) is 3.33. The van der Waals surface area contributed by atoms with E-state index in [0.717, 1.165) is 50.3 Å². The Morgan fingerprint density at radius 1 is 1.14 bits per heavy atom. The van der Waals surface area contributed by atoms with Gasteiger partial charge in [0, 0.05) is 15.7 Å². The van der Waals surface area contributed by atoms with Gasteiger partial charge in [0.25, 0.3) is 0 Å². The molecule has 1 amide bonds. The largest absolute Gasteiger partial charge is 0.325 e. The molecule has 156 valence electrons. The first kappa shape index (κ1) is 23.6. The van der Waals surface area contributed by atoms with Crippen molar-refractivity contribution in [3.63, 3.8) is 0 Å². The molecule has 1 aliphatic carbocycles.